The molecule has 0 bridgehead atoms. The topological polar surface area (TPSA) is 35.5 Å². The molecule has 0 N–H and O–H groups in total. The van der Waals surface area contributed by atoms with E-state index in [4.69, 9.17) is 35.3 Å². The molecule has 0 unspecified atom stereocenters. The summed E-state index contributed by atoms with van der Waals surface area (Å²) in [5, 5.41) is 0.557. The van der Waals surface area contributed by atoms with Gasteiger partial charge in [-0.05, 0) is 23.7 Å². The van der Waals surface area contributed by atoms with Crippen LogP contribution in [-0.4, -0.2) is 5.24 Å². The summed E-state index contributed by atoms with van der Waals surface area (Å²) in [5.41, 5.74) is 0.323. The van der Waals surface area contributed by atoms with Crippen LogP contribution in [0.5, 0.6) is 0 Å². The molecule has 1 aromatic carbocycles. The first kappa shape index (κ1) is 12.2. The lowest BCUT2D eigenvalue weighted by Crippen LogP contribution is -2.25. The van der Waals surface area contributed by atoms with Crippen LogP contribution in [0, 0.1) is 0 Å². The van der Waals surface area contributed by atoms with Gasteiger partial charge in [0.2, 0.25) is 0 Å². The van der Waals surface area contributed by atoms with Crippen molar-refractivity contribution in [2.75, 3.05) is 0 Å². The zero-order valence-electron chi connectivity index (χ0n) is 7.25. The molecule has 80 valence electrons. The zero-order valence-corrected chi connectivity index (χ0v) is 9.51. The van der Waals surface area contributed by atoms with Crippen molar-refractivity contribution >= 4 is 53.1 Å². The molecule has 0 saturated heterocycles. The van der Waals surface area contributed by atoms with Crippen LogP contribution in [0.25, 0.3) is 12.5 Å². The zero-order chi connectivity index (χ0) is 11.3. The Morgan fingerprint density at radius 2 is 1.73 bits per heavy atom. The Bertz CT molecular complexity index is 470. The summed E-state index contributed by atoms with van der Waals surface area (Å²) in [5.74, 6) is 0. The van der Waals surface area contributed by atoms with Crippen LogP contribution in [0.4, 0.5) is 0 Å². The Hall–Kier alpha value is -0.900. The van der Waals surface area contributed by atoms with Gasteiger partial charge in [-0.15, -0.1) is 0 Å². The molecule has 15 heavy (non-hydrogen) atoms. The number of rotatable bonds is 3. The van der Waals surface area contributed by atoms with Gasteiger partial charge in [-0.1, -0.05) is 6.07 Å². The third kappa shape index (κ3) is 3.30. The molecule has 0 spiro atoms. The Labute approximate surface area is 101 Å². The molecule has 0 fully saturated rings. The number of hydrogen-bond acceptors (Lipinski definition) is 3. The maximum Gasteiger partial charge on any atom is 0.252 e. The number of carbonyl (C=O) groups is 1. The largest absolute Gasteiger partial charge is 0.393 e. The lowest BCUT2D eigenvalue weighted by atomic mass is 10.2. The van der Waals surface area contributed by atoms with Crippen molar-refractivity contribution in [1.29, 1.82) is 0 Å². The second-order valence-electron chi connectivity index (χ2n) is 2.53. The van der Waals surface area contributed by atoms with Crippen molar-refractivity contribution in [3.8, 4) is 0 Å². The van der Waals surface area contributed by atoms with E-state index in [1.807, 2.05) is 0 Å². The molecule has 0 aliphatic carbocycles. The fraction of sp³-hybridized carbons (Fsp3) is 0. The van der Waals surface area contributed by atoms with Crippen molar-refractivity contribution < 1.29 is 13.4 Å². The van der Waals surface area contributed by atoms with E-state index in [9.17, 15) is 4.79 Å². The van der Waals surface area contributed by atoms with Gasteiger partial charge in [0, 0.05) is 16.0 Å². The monoisotopic (exact) mass is 266 g/mol. The molecule has 0 saturated carbocycles. The highest BCUT2D eigenvalue weighted by molar-refractivity contribution is 6.67. The van der Waals surface area contributed by atoms with E-state index in [0.29, 0.717) is 16.0 Å². The van der Waals surface area contributed by atoms with Crippen LogP contribution < -0.4 is 10.4 Å². The van der Waals surface area contributed by atoms with Gasteiger partial charge in [-0.2, -0.15) is 0 Å². The Kier molecular flexibility index (Phi) is 4.75. The first-order valence-corrected chi connectivity index (χ1v) is 4.73. The highest BCUT2D eigenvalue weighted by atomic mass is 35.5. The summed E-state index contributed by atoms with van der Waals surface area (Å²) < 4.78 is 8.65. The van der Waals surface area contributed by atoms with Crippen molar-refractivity contribution in [3.63, 3.8) is 0 Å². The molecule has 0 aromatic heterocycles. The summed E-state index contributed by atoms with van der Waals surface area (Å²) in [6.07, 6.45) is 2.50. The molecule has 0 atom stereocenters. The molecule has 0 aliphatic heterocycles. The standard InChI is InChI=1S/C9H5Cl3O3/c10-9(13)6-1-2-7(4-14-11)8(3-6)5-15-12/h1-5H. The van der Waals surface area contributed by atoms with Crippen molar-refractivity contribution in [1.82, 2.24) is 0 Å². The predicted octanol–water partition coefficient (Wildman–Crippen LogP) is 1.88. The Balaban J connectivity index is 3.41. The van der Waals surface area contributed by atoms with E-state index in [-0.39, 0.29) is 0 Å². The third-order valence-corrected chi connectivity index (χ3v) is 2.05. The van der Waals surface area contributed by atoms with Gasteiger partial charge < -0.3 is 8.58 Å². The minimum absolute atomic E-state index is 0.323. The van der Waals surface area contributed by atoms with E-state index >= 15 is 0 Å². The summed E-state index contributed by atoms with van der Waals surface area (Å²) in [6, 6.07) is 4.63. The molecule has 6 heteroatoms. The number of halogens is 3. The Morgan fingerprint density at radius 1 is 1.13 bits per heavy atom. The average Bonchev–Trinajstić information content (AvgIpc) is 2.21. The summed E-state index contributed by atoms with van der Waals surface area (Å²) in [7, 11) is 0. The van der Waals surface area contributed by atoms with E-state index in [2.05, 4.69) is 8.58 Å². The quantitative estimate of drug-likeness (QED) is 0.785. The summed E-state index contributed by atoms with van der Waals surface area (Å²) in [6.45, 7) is 0. The smallest absolute Gasteiger partial charge is 0.252 e. The number of carbonyl (C=O) groups excluding carboxylic acids is 1. The molecule has 3 nitrogen and oxygen atoms in total. The van der Waals surface area contributed by atoms with Crippen LogP contribution in [0.2, 0.25) is 0 Å². The van der Waals surface area contributed by atoms with Crippen LogP contribution in [-0.2, 0) is 8.58 Å². The second kappa shape index (κ2) is 5.85. The lowest BCUT2D eigenvalue weighted by Gasteiger charge is -1.94. The van der Waals surface area contributed by atoms with Crippen LogP contribution in [0.3, 0.4) is 0 Å². The third-order valence-electron chi connectivity index (χ3n) is 1.66. The minimum atomic E-state index is -0.572. The van der Waals surface area contributed by atoms with Gasteiger partial charge in [0.1, 0.15) is 36.3 Å². The van der Waals surface area contributed by atoms with Crippen LogP contribution in [0.15, 0.2) is 18.2 Å². The highest BCUT2D eigenvalue weighted by Gasteiger charge is 2.00. The van der Waals surface area contributed by atoms with Gasteiger partial charge >= 0.3 is 0 Å². The molecular weight excluding hydrogens is 262 g/mol. The van der Waals surface area contributed by atoms with Crippen LogP contribution >= 0.6 is 35.3 Å². The Morgan fingerprint density at radius 3 is 2.27 bits per heavy atom. The molecule has 0 heterocycles. The molecule has 0 aliphatic rings. The summed E-state index contributed by atoms with van der Waals surface area (Å²) in [4.78, 5) is 10.9. The van der Waals surface area contributed by atoms with Crippen LogP contribution in [0.1, 0.15) is 10.4 Å². The maximum absolute atomic E-state index is 10.9. The van der Waals surface area contributed by atoms with Crippen molar-refractivity contribution in [2.24, 2.45) is 0 Å². The van der Waals surface area contributed by atoms with Gasteiger partial charge in [-0.25, -0.2) is 0 Å². The molecule has 0 radical (unpaired) electrons. The molecule has 0 amide bonds. The fourth-order valence-electron chi connectivity index (χ4n) is 1.00. The van der Waals surface area contributed by atoms with Gasteiger partial charge in [-0.3, -0.25) is 4.79 Å². The van der Waals surface area contributed by atoms with Gasteiger partial charge in [0.15, 0.2) is 0 Å². The maximum atomic E-state index is 10.9. The van der Waals surface area contributed by atoms with Crippen molar-refractivity contribution in [3.05, 3.63) is 34.2 Å². The minimum Gasteiger partial charge on any atom is -0.393 e. The second-order valence-corrected chi connectivity index (χ2v) is 3.23. The summed E-state index contributed by atoms with van der Waals surface area (Å²) >= 11 is 15.5. The number of hydrogen-bond donors (Lipinski definition) is 0. The fourth-order valence-corrected chi connectivity index (χ4v) is 1.31. The molecular formula is C9H5Cl3O3. The van der Waals surface area contributed by atoms with Crippen molar-refractivity contribution in [2.45, 2.75) is 0 Å². The predicted molar refractivity (Wildman–Crippen MR) is 58.7 cm³/mol. The van der Waals surface area contributed by atoms with E-state index in [1.54, 1.807) is 6.07 Å². The average molecular weight is 267 g/mol. The van der Waals surface area contributed by atoms with E-state index < -0.39 is 5.24 Å². The lowest BCUT2D eigenvalue weighted by molar-refractivity contribution is 0.108. The molecule has 1 rings (SSSR count). The highest BCUT2D eigenvalue weighted by Crippen LogP contribution is 1.98. The van der Waals surface area contributed by atoms with E-state index in [0.717, 1.165) is 0 Å². The van der Waals surface area contributed by atoms with Gasteiger partial charge in [0.25, 0.3) is 5.24 Å². The number of benzene rings is 1. The first-order chi connectivity index (χ1) is 7.19. The normalized spacial score (nSPS) is 12.7. The first-order valence-electron chi connectivity index (χ1n) is 3.74. The van der Waals surface area contributed by atoms with E-state index in [1.165, 1.54) is 24.7 Å². The van der Waals surface area contributed by atoms with Gasteiger partial charge in [0.05, 0.1) is 0 Å². The SMILES string of the molecule is O=C(Cl)c1ccc(=COCl)c(=COCl)c1. The molecule has 1 aromatic rings.